The van der Waals surface area contributed by atoms with E-state index in [1.165, 1.54) is 6.33 Å². The van der Waals surface area contributed by atoms with Crippen LogP contribution in [0.25, 0.3) is 11.3 Å². The lowest BCUT2D eigenvalue weighted by molar-refractivity contribution is 0.0664. The van der Waals surface area contributed by atoms with Crippen LogP contribution in [0.2, 0.25) is 10.0 Å². The van der Waals surface area contributed by atoms with Crippen molar-refractivity contribution in [2.75, 3.05) is 39.0 Å². The number of hydrogen-bond donors (Lipinski definition) is 1. The van der Waals surface area contributed by atoms with E-state index in [0.717, 1.165) is 24.3 Å². The molecule has 1 amide bonds. The number of benzene rings is 1. The SMILES string of the molecule is CC.CCc1ncnc(-c2cc(Cl)c(C(=O)N3CCN(C)CC3)c(Cl)c2)c1C#Cc1ccc(N)nc1. The number of hydrogen-bond acceptors (Lipinski definition) is 6. The van der Waals surface area contributed by atoms with Gasteiger partial charge in [-0.1, -0.05) is 55.8 Å². The van der Waals surface area contributed by atoms with Gasteiger partial charge in [-0.15, -0.1) is 0 Å². The van der Waals surface area contributed by atoms with Gasteiger partial charge >= 0.3 is 0 Å². The lowest BCUT2D eigenvalue weighted by Crippen LogP contribution is -2.47. The lowest BCUT2D eigenvalue weighted by Gasteiger charge is -2.32. The van der Waals surface area contributed by atoms with Gasteiger partial charge in [0.25, 0.3) is 5.91 Å². The molecule has 9 heteroatoms. The van der Waals surface area contributed by atoms with Crippen molar-refractivity contribution in [2.24, 2.45) is 0 Å². The molecule has 2 N–H and O–H groups in total. The van der Waals surface area contributed by atoms with Gasteiger partial charge in [-0.2, -0.15) is 0 Å². The Morgan fingerprint density at radius 3 is 2.28 bits per heavy atom. The first-order chi connectivity index (χ1) is 17.4. The summed E-state index contributed by atoms with van der Waals surface area (Å²) in [5, 5.41) is 0.564. The van der Waals surface area contributed by atoms with Gasteiger partial charge < -0.3 is 15.5 Å². The third-order valence-electron chi connectivity index (χ3n) is 5.70. The summed E-state index contributed by atoms with van der Waals surface area (Å²) in [5.41, 5.74) is 9.43. The molecule has 0 bridgehead atoms. The fraction of sp³-hybridized carbons (Fsp3) is 0.333. The van der Waals surface area contributed by atoms with Crippen LogP contribution in [0.4, 0.5) is 5.82 Å². The Hall–Kier alpha value is -3.18. The average Bonchev–Trinajstić information content (AvgIpc) is 2.89. The molecule has 4 rings (SSSR count). The zero-order valence-corrected chi connectivity index (χ0v) is 22.5. The van der Waals surface area contributed by atoms with Crippen molar-refractivity contribution >= 4 is 34.9 Å². The van der Waals surface area contributed by atoms with Crippen LogP contribution in [0.5, 0.6) is 0 Å². The molecule has 0 spiro atoms. The van der Waals surface area contributed by atoms with Crippen LogP contribution in [0.3, 0.4) is 0 Å². The molecule has 2 aromatic heterocycles. The van der Waals surface area contributed by atoms with E-state index >= 15 is 0 Å². The number of halogens is 2. The largest absolute Gasteiger partial charge is 0.384 e. The van der Waals surface area contributed by atoms with Crippen molar-refractivity contribution in [3.63, 3.8) is 0 Å². The standard InChI is InChI=1S/C25H24Cl2N6O.C2H6/c1-3-21-18(6-4-16-5-7-22(28)29-14-16)24(31-15-30-21)17-12-19(26)23(20(27)13-17)25(34)33-10-8-32(2)9-11-33;1-2/h5,7,12-15H,3,8-11H2,1-2H3,(H2,28,29);1-2H3. The first-order valence-electron chi connectivity index (χ1n) is 11.9. The zero-order chi connectivity index (χ0) is 26.2. The van der Waals surface area contributed by atoms with Crippen LogP contribution in [-0.2, 0) is 6.42 Å². The number of carbonyl (C=O) groups excluding carboxylic acids is 1. The fourth-order valence-electron chi connectivity index (χ4n) is 3.74. The summed E-state index contributed by atoms with van der Waals surface area (Å²) < 4.78 is 0. The minimum absolute atomic E-state index is 0.164. The van der Waals surface area contributed by atoms with E-state index in [-0.39, 0.29) is 16.0 Å². The predicted molar refractivity (Wildman–Crippen MR) is 146 cm³/mol. The van der Waals surface area contributed by atoms with E-state index < -0.39 is 0 Å². The molecule has 1 aliphatic rings. The lowest BCUT2D eigenvalue weighted by atomic mass is 10.0. The number of aromatic nitrogens is 3. The van der Waals surface area contributed by atoms with E-state index in [1.807, 2.05) is 27.8 Å². The van der Waals surface area contributed by atoms with Gasteiger partial charge in [0.15, 0.2) is 0 Å². The smallest absolute Gasteiger partial charge is 0.256 e. The van der Waals surface area contributed by atoms with Crippen molar-refractivity contribution in [2.45, 2.75) is 27.2 Å². The van der Waals surface area contributed by atoms with E-state index in [4.69, 9.17) is 28.9 Å². The number of likely N-dealkylation sites (N-methyl/N-ethyl adjacent to an activating group) is 1. The van der Waals surface area contributed by atoms with Gasteiger partial charge in [-0.3, -0.25) is 4.79 Å². The van der Waals surface area contributed by atoms with Crippen molar-refractivity contribution in [1.29, 1.82) is 0 Å². The molecule has 7 nitrogen and oxygen atoms in total. The summed E-state index contributed by atoms with van der Waals surface area (Å²) in [5.74, 6) is 6.54. The third kappa shape index (κ3) is 6.33. The van der Waals surface area contributed by atoms with Crippen LogP contribution in [0.15, 0.2) is 36.8 Å². The van der Waals surface area contributed by atoms with Gasteiger partial charge in [0.1, 0.15) is 12.1 Å². The Morgan fingerprint density at radius 2 is 1.69 bits per heavy atom. The van der Waals surface area contributed by atoms with Gasteiger partial charge in [0.2, 0.25) is 0 Å². The van der Waals surface area contributed by atoms with Crippen molar-refractivity contribution in [1.82, 2.24) is 24.8 Å². The topological polar surface area (TPSA) is 88.2 Å². The summed E-state index contributed by atoms with van der Waals surface area (Å²) in [4.78, 5) is 30.0. The highest BCUT2D eigenvalue weighted by Gasteiger charge is 2.25. The molecule has 3 heterocycles. The first-order valence-corrected chi connectivity index (χ1v) is 12.7. The number of rotatable bonds is 3. The minimum atomic E-state index is -0.164. The quantitative estimate of drug-likeness (QED) is 0.494. The molecule has 188 valence electrons. The van der Waals surface area contributed by atoms with Gasteiger partial charge in [-0.25, -0.2) is 15.0 Å². The Balaban J connectivity index is 0.00000176. The Bertz CT molecular complexity index is 1250. The summed E-state index contributed by atoms with van der Waals surface area (Å²) in [7, 11) is 2.03. The maximum absolute atomic E-state index is 13.1. The Morgan fingerprint density at radius 1 is 1.03 bits per heavy atom. The number of carbonyl (C=O) groups is 1. The van der Waals surface area contributed by atoms with Crippen LogP contribution in [0.1, 0.15) is 48.0 Å². The third-order valence-corrected chi connectivity index (χ3v) is 6.29. The highest BCUT2D eigenvalue weighted by Crippen LogP contribution is 2.34. The van der Waals surface area contributed by atoms with Gasteiger partial charge in [-0.05, 0) is 37.7 Å². The molecule has 1 aliphatic heterocycles. The van der Waals surface area contributed by atoms with E-state index in [1.54, 1.807) is 35.4 Å². The molecule has 1 fully saturated rings. The molecule has 0 atom stereocenters. The molecule has 0 unspecified atom stereocenters. The molecule has 1 saturated heterocycles. The second kappa shape index (κ2) is 12.7. The molecule has 3 aromatic rings. The summed E-state index contributed by atoms with van der Waals surface area (Å²) in [6, 6.07) is 6.93. The first kappa shape index (κ1) is 27.4. The van der Waals surface area contributed by atoms with Crippen LogP contribution in [-0.4, -0.2) is 63.9 Å². The summed E-state index contributed by atoms with van der Waals surface area (Å²) >= 11 is 13.2. The van der Waals surface area contributed by atoms with Crippen LogP contribution in [0, 0.1) is 11.8 Å². The number of pyridine rings is 1. The van der Waals surface area contributed by atoms with E-state index in [0.29, 0.717) is 47.7 Å². The number of nitrogens with two attached hydrogens (primary N) is 1. The number of nitrogens with zero attached hydrogens (tertiary/aromatic N) is 5. The molecular weight excluding hydrogens is 495 g/mol. The van der Waals surface area contributed by atoms with Gasteiger partial charge in [0, 0.05) is 43.5 Å². The number of piperazine rings is 1. The maximum Gasteiger partial charge on any atom is 0.256 e. The monoisotopic (exact) mass is 524 g/mol. The molecule has 0 radical (unpaired) electrons. The Kier molecular flexibility index (Phi) is 9.65. The summed E-state index contributed by atoms with van der Waals surface area (Å²) in [6.07, 6.45) is 3.78. The number of nitrogen functional groups attached to an aromatic ring is 1. The highest BCUT2D eigenvalue weighted by molar-refractivity contribution is 6.40. The van der Waals surface area contributed by atoms with Gasteiger partial charge in [0.05, 0.1) is 32.6 Å². The highest BCUT2D eigenvalue weighted by atomic mass is 35.5. The van der Waals surface area contributed by atoms with E-state index in [9.17, 15) is 4.79 Å². The number of amides is 1. The fourth-order valence-corrected chi connectivity index (χ4v) is 4.38. The summed E-state index contributed by atoms with van der Waals surface area (Å²) in [6.45, 7) is 8.89. The van der Waals surface area contributed by atoms with E-state index in [2.05, 4.69) is 31.7 Å². The number of aryl methyl sites for hydroxylation is 1. The molecule has 0 aliphatic carbocycles. The van der Waals surface area contributed by atoms with Crippen molar-refractivity contribution in [3.05, 3.63) is 69.2 Å². The molecule has 36 heavy (non-hydrogen) atoms. The number of anilines is 1. The van der Waals surface area contributed by atoms with Crippen molar-refractivity contribution < 1.29 is 4.79 Å². The van der Waals surface area contributed by atoms with Crippen molar-refractivity contribution in [3.8, 4) is 23.1 Å². The minimum Gasteiger partial charge on any atom is -0.384 e. The molecular formula is C27H30Cl2N6O. The zero-order valence-electron chi connectivity index (χ0n) is 21.0. The second-order valence-corrected chi connectivity index (χ2v) is 8.84. The predicted octanol–water partition coefficient (Wildman–Crippen LogP) is 4.80. The Labute approximate surface area is 222 Å². The normalized spacial score (nSPS) is 13.3. The average molecular weight is 525 g/mol. The molecule has 0 saturated carbocycles. The van der Waals surface area contributed by atoms with Crippen LogP contribution < -0.4 is 5.73 Å². The second-order valence-electron chi connectivity index (χ2n) is 8.03. The maximum atomic E-state index is 13.1. The van der Waals surface area contributed by atoms with Crippen LogP contribution >= 0.6 is 23.2 Å². The molecule has 1 aromatic carbocycles.